The fourth-order valence-corrected chi connectivity index (χ4v) is 0.866. The van der Waals surface area contributed by atoms with E-state index in [0.29, 0.717) is 0 Å². The highest BCUT2D eigenvalue weighted by molar-refractivity contribution is 6.56. The molecule has 2 heteroatoms. The fourth-order valence-electron chi connectivity index (χ4n) is 0.289. The third-order valence-corrected chi connectivity index (χ3v) is 1.66. The maximum absolute atomic E-state index is 3.63. The van der Waals surface area contributed by atoms with Crippen LogP contribution in [0.2, 0.25) is 19.1 Å². The van der Waals surface area contributed by atoms with Gasteiger partial charge in [0.15, 0.2) is 0 Å². The average Bonchev–Trinajstić information content (AvgIpc) is 1.35. The molecule has 2 N–H and O–H groups in total. The summed E-state index contributed by atoms with van der Waals surface area (Å²) in [4.78, 5) is 0. The second-order valence-electron chi connectivity index (χ2n) is 1.70. The highest BCUT2D eigenvalue weighted by Gasteiger charge is 1.85. The van der Waals surface area contributed by atoms with E-state index in [2.05, 4.69) is 19.7 Å². The molecule has 0 aromatic carbocycles. The van der Waals surface area contributed by atoms with Crippen molar-refractivity contribution in [2.24, 2.45) is 0 Å². The van der Waals surface area contributed by atoms with Crippen LogP contribution in [0.1, 0.15) is 0 Å². The van der Waals surface area contributed by atoms with Crippen LogP contribution in [-0.2, 0) is 0 Å². The molecule has 1 radical (unpaired) electrons. The molecule has 0 heterocycles. The van der Waals surface area contributed by atoms with Gasteiger partial charge in [-0.3, -0.25) is 0 Å². The Morgan fingerprint density at radius 3 is 2.00 bits per heavy atom. The van der Waals surface area contributed by atoms with Gasteiger partial charge in [0.1, 0.15) is 0 Å². The van der Waals surface area contributed by atoms with Gasteiger partial charge in [-0.25, -0.2) is 0 Å². The van der Waals surface area contributed by atoms with E-state index in [1.165, 1.54) is 6.04 Å². The normalized spacial score (nSPS) is 7.86. The summed E-state index contributed by atoms with van der Waals surface area (Å²) < 4.78 is 0. The van der Waals surface area contributed by atoms with Crippen LogP contribution in [-0.4, -0.2) is 14.3 Å². The van der Waals surface area contributed by atoms with Crippen molar-refractivity contribution in [2.75, 3.05) is 0 Å². The van der Waals surface area contributed by atoms with Gasteiger partial charge in [0, 0.05) is 8.80 Å². The van der Waals surface area contributed by atoms with Crippen molar-refractivity contribution in [1.29, 1.82) is 0 Å². The zero-order valence-corrected chi connectivity index (χ0v) is 5.99. The van der Waals surface area contributed by atoms with Gasteiger partial charge in [-0.05, 0) is 6.04 Å². The van der Waals surface area contributed by atoms with Crippen molar-refractivity contribution in [3.8, 4) is 0 Å². The number of allylic oxidation sites excluding steroid dienone is 1. The second-order valence-corrected chi connectivity index (χ2v) is 4.52. The Hall–Kier alpha value is -0.0831. The number of hydrogen-bond donors (Lipinski definition) is 0. The molecule has 0 bridgehead atoms. The number of rotatable bonds is 2. The summed E-state index contributed by atoms with van der Waals surface area (Å²) in [5, 5.41) is 0. The first kappa shape index (κ1) is 10.0. The molecular weight excluding hydrogens is 104 g/mol. The predicted octanol–water partition coefficient (Wildman–Crippen LogP) is 1.10. The zero-order chi connectivity index (χ0) is 4.99. The zero-order valence-electron chi connectivity index (χ0n) is 4.99. The molecule has 0 aliphatic carbocycles. The Labute approximate surface area is 47.0 Å². The van der Waals surface area contributed by atoms with Crippen LogP contribution >= 0.6 is 0 Å². The van der Waals surface area contributed by atoms with Crippen LogP contribution in [0.3, 0.4) is 0 Å². The number of hydrogen-bond acceptors (Lipinski definition) is 0. The van der Waals surface area contributed by atoms with Crippen molar-refractivity contribution >= 4 is 8.80 Å². The van der Waals surface area contributed by atoms with Gasteiger partial charge < -0.3 is 5.48 Å². The summed E-state index contributed by atoms with van der Waals surface area (Å²) in [6.07, 6.45) is 1.99. The third-order valence-electron chi connectivity index (χ3n) is 0.553. The summed E-state index contributed by atoms with van der Waals surface area (Å²) in [7, 11) is -0.00360. The van der Waals surface area contributed by atoms with E-state index in [9.17, 15) is 0 Å². The molecule has 0 atom stereocenters. The highest BCUT2D eigenvalue weighted by atomic mass is 28.3. The molecule has 0 rings (SSSR count). The third kappa shape index (κ3) is 10.7. The SMILES string of the molecule is C=CC[Si](C)C.O. The van der Waals surface area contributed by atoms with Crippen LogP contribution in [0, 0.1) is 0 Å². The van der Waals surface area contributed by atoms with Crippen molar-refractivity contribution < 1.29 is 5.48 Å². The predicted molar refractivity (Wildman–Crippen MR) is 36.1 cm³/mol. The molecule has 0 aliphatic heterocycles. The second kappa shape index (κ2) is 5.92. The summed E-state index contributed by atoms with van der Waals surface area (Å²) in [5.41, 5.74) is 0. The van der Waals surface area contributed by atoms with E-state index in [0.717, 1.165) is 0 Å². The Morgan fingerprint density at radius 2 is 2.00 bits per heavy atom. The van der Waals surface area contributed by atoms with Crippen LogP contribution in [0.5, 0.6) is 0 Å². The molecule has 0 unspecified atom stereocenters. The van der Waals surface area contributed by atoms with Crippen LogP contribution in [0.15, 0.2) is 12.7 Å². The Balaban J connectivity index is 0. The van der Waals surface area contributed by atoms with Gasteiger partial charge in [0.2, 0.25) is 0 Å². The first-order valence-electron chi connectivity index (χ1n) is 2.17. The van der Waals surface area contributed by atoms with E-state index in [-0.39, 0.29) is 14.3 Å². The monoisotopic (exact) mass is 117 g/mol. The summed E-state index contributed by atoms with van der Waals surface area (Å²) in [5.74, 6) is 0. The van der Waals surface area contributed by atoms with E-state index in [4.69, 9.17) is 0 Å². The standard InChI is InChI=1S/C5H11Si.H2O/c1-4-5-6(2)3;/h4H,1,5H2,2-3H3;1H2. The largest absolute Gasteiger partial charge is 0.412 e. The van der Waals surface area contributed by atoms with Gasteiger partial charge >= 0.3 is 0 Å². The molecule has 43 valence electrons. The maximum atomic E-state index is 3.63. The first-order valence-corrected chi connectivity index (χ1v) is 4.88. The molecule has 7 heavy (non-hydrogen) atoms. The highest BCUT2D eigenvalue weighted by Crippen LogP contribution is 1.87. The molecule has 0 fully saturated rings. The summed E-state index contributed by atoms with van der Waals surface area (Å²) >= 11 is 0. The molecular formula is C5H13OSi. The maximum Gasteiger partial charge on any atom is 0.0452 e. The van der Waals surface area contributed by atoms with E-state index >= 15 is 0 Å². The lowest BCUT2D eigenvalue weighted by Gasteiger charge is -1.89. The van der Waals surface area contributed by atoms with Crippen LogP contribution in [0.25, 0.3) is 0 Å². The van der Waals surface area contributed by atoms with Gasteiger partial charge in [-0.15, -0.1) is 6.58 Å². The van der Waals surface area contributed by atoms with Gasteiger partial charge in [-0.2, -0.15) is 0 Å². The van der Waals surface area contributed by atoms with E-state index in [1.54, 1.807) is 0 Å². The average molecular weight is 117 g/mol. The lowest BCUT2D eigenvalue weighted by atomic mass is 10.8. The molecule has 0 spiro atoms. The molecule has 0 saturated heterocycles. The fraction of sp³-hybridized carbons (Fsp3) is 0.600. The van der Waals surface area contributed by atoms with Crippen LogP contribution < -0.4 is 0 Å². The minimum absolute atomic E-state index is 0. The van der Waals surface area contributed by atoms with Crippen molar-refractivity contribution in [2.45, 2.75) is 19.1 Å². The lowest BCUT2D eigenvalue weighted by molar-refractivity contribution is 0.824. The van der Waals surface area contributed by atoms with E-state index in [1.807, 2.05) is 6.08 Å². The van der Waals surface area contributed by atoms with Gasteiger partial charge in [-0.1, -0.05) is 19.2 Å². The minimum Gasteiger partial charge on any atom is -0.412 e. The summed E-state index contributed by atoms with van der Waals surface area (Å²) in [6.45, 7) is 8.19. The quantitative estimate of drug-likeness (QED) is 0.383. The summed E-state index contributed by atoms with van der Waals surface area (Å²) in [6, 6.07) is 1.24. The van der Waals surface area contributed by atoms with E-state index < -0.39 is 0 Å². The molecule has 0 aromatic rings. The first-order chi connectivity index (χ1) is 2.77. The van der Waals surface area contributed by atoms with Crippen molar-refractivity contribution in [3.63, 3.8) is 0 Å². The smallest absolute Gasteiger partial charge is 0.0452 e. The molecule has 0 saturated carbocycles. The molecule has 0 aliphatic rings. The molecule has 0 aromatic heterocycles. The lowest BCUT2D eigenvalue weighted by Crippen LogP contribution is -1.93. The minimum atomic E-state index is -0.00360. The van der Waals surface area contributed by atoms with Gasteiger partial charge in [0.25, 0.3) is 0 Å². The Morgan fingerprint density at radius 1 is 1.57 bits per heavy atom. The molecule has 1 nitrogen and oxygen atoms in total. The topological polar surface area (TPSA) is 31.5 Å². The van der Waals surface area contributed by atoms with Crippen LogP contribution in [0.4, 0.5) is 0 Å². The molecule has 0 amide bonds. The Kier molecular flexibility index (Phi) is 8.47. The Bertz CT molecular complexity index is 43.3. The van der Waals surface area contributed by atoms with Crippen molar-refractivity contribution in [3.05, 3.63) is 12.7 Å². The van der Waals surface area contributed by atoms with Crippen molar-refractivity contribution in [1.82, 2.24) is 0 Å². The van der Waals surface area contributed by atoms with Gasteiger partial charge in [0.05, 0.1) is 0 Å².